The summed E-state index contributed by atoms with van der Waals surface area (Å²) < 4.78 is 0. The van der Waals surface area contributed by atoms with Gasteiger partial charge in [0.25, 0.3) is 0 Å². The number of allylic oxidation sites excluding steroid dienone is 2. The molecule has 0 fully saturated rings. The first kappa shape index (κ1) is 12.9. The van der Waals surface area contributed by atoms with Gasteiger partial charge in [-0.05, 0) is 17.7 Å². The highest BCUT2D eigenvalue weighted by molar-refractivity contribution is 6.33. The van der Waals surface area contributed by atoms with E-state index >= 15 is 0 Å². The molecular weight excluding hydrogens is 280 g/mol. The van der Waals surface area contributed by atoms with Crippen molar-refractivity contribution in [1.82, 2.24) is 4.98 Å². The monoisotopic (exact) mass is 289 g/mol. The van der Waals surface area contributed by atoms with Crippen LogP contribution < -0.4 is 0 Å². The SMILES string of the molecule is OC1(Cc2cnccc2Cl)C(Cl)=CC=CC1Cl. The van der Waals surface area contributed by atoms with E-state index in [4.69, 9.17) is 34.8 Å². The molecule has 0 aromatic carbocycles. The standard InChI is InChI=1S/C12H10Cl3NO/c13-9-4-5-16-7-8(9)6-12(17)10(14)2-1-3-11(12)15/h1-5,7,10,17H,6H2. The van der Waals surface area contributed by atoms with Crippen LogP contribution in [0, 0.1) is 0 Å². The maximum absolute atomic E-state index is 10.5. The van der Waals surface area contributed by atoms with Crippen LogP contribution in [0.3, 0.4) is 0 Å². The zero-order valence-electron chi connectivity index (χ0n) is 8.78. The minimum atomic E-state index is -1.33. The smallest absolute Gasteiger partial charge is 0.124 e. The summed E-state index contributed by atoms with van der Waals surface area (Å²) in [5.74, 6) is 0. The van der Waals surface area contributed by atoms with Crippen molar-refractivity contribution in [3.05, 3.63) is 52.3 Å². The third kappa shape index (κ3) is 2.50. The molecule has 0 spiro atoms. The van der Waals surface area contributed by atoms with Gasteiger partial charge in [-0.1, -0.05) is 35.4 Å². The van der Waals surface area contributed by atoms with Crippen molar-refractivity contribution in [2.24, 2.45) is 0 Å². The van der Waals surface area contributed by atoms with Gasteiger partial charge in [0.05, 0.1) is 10.4 Å². The Kier molecular flexibility index (Phi) is 3.79. The Morgan fingerprint density at radius 1 is 1.41 bits per heavy atom. The van der Waals surface area contributed by atoms with Crippen LogP contribution in [0.4, 0.5) is 0 Å². The highest BCUT2D eigenvalue weighted by Crippen LogP contribution is 2.36. The Balaban J connectivity index is 2.32. The summed E-state index contributed by atoms with van der Waals surface area (Å²) in [5, 5.41) is 10.8. The summed E-state index contributed by atoms with van der Waals surface area (Å²) in [6.07, 6.45) is 8.47. The Bertz CT molecular complexity index is 486. The average molecular weight is 291 g/mol. The normalized spacial score (nSPS) is 28.0. The van der Waals surface area contributed by atoms with Gasteiger partial charge in [0.2, 0.25) is 0 Å². The fourth-order valence-corrected chi connectivity index (χ4v) is 2.45. The maximum atomic E-state index is 10.5. The molecule has 1 aromatic rings. The number of rotatable bonds is 2. The Labute approximate surface area is 115 Å². The van der Waals surface area contributed by atoms with Crippen LogP contribution in [-0.2, 0) is 6.42 Å². The second-order valence-corrected chi connectivity index (χ2v) is 5.15. The second kappa shape index (κ2) is 4.99. The predicted molar refractivity (Wildman–Crippen MR) is 70.6 cm³/mol. The first-order valence-electron chi connectivity index (χ1n) is 5.03. The molecule has 0 amide bonds. The third-order valence-corrected chi connectivity index (χ3v) is 4.02. The summed E-state index contributed by atoms with van der Waals surface area (Å²) in [7, 11) is 0. The predicted octanol–water partition coefficient (Wildman–Crippen LogP) is 3.31. The van der Waals surface area contributed by atoms with Gasteiger partial charge in [-0.25, -0.2) is 0 Å². The Morgan fingerprint density at radius 2 is 2.18 bits per heavy atom. The Hall–Kier alpha value is -0.540. The molecule has 0 saturated heterocycles. The van der Waals surface area contributed by atoms with Crippen LogP contribution in [0.15, 0.2) is 41.7 Å². The van der Waals surface area contributed by atoms with Crippen molar-refractivity contribution in [2.45, 2.75) is 17.4 Å². The number of hydrogen-bond donors (Lipinski definition) is 1. The number of aromatic nitrogens is 1. The molecule has 1 heterocycles. The number of nitrogens with zero attached hydrogens (tertiary/aromatic N) is 1. The van der Waals surface area contributed by atoms with Crippen molar-refractivity contribution >= 4 is 34.8 Å². The van der Waals surface area contributed by atoms with Gasteiger partial charge in [-0.15, -0.1) is 11.6 Å². The summed E-state index contributed by atoms with van der Waals surface area (Å²) in [4.78, 5) is 3.97. The molecule has 1 aliphatic rings. The van der Waals surface area contributed by atoms with Crippen molar-refractivity contribution in [3.63, 3.8) is 0 Å². The van der Waals surface area contributed by atoms with Gasteiger partial charge in [0.1, 0.15) is 5.60 Å². The summed E-state index contributed by atoms with van der Waals surface area (Å²) in [6.45, 7) is 0. The highest BCUT2D eigenvalue weighted by Gasteiger charge is 2.39. The second-order valence-electron chi connectivity index (χ2n) is 3.87. The molecule has 5 heteroatoms. The van der Waals surface area contributed by atoms with Crippen molar-refractivity contribution in [3.8, 4) is 0 Å². The lowest BCUT2D eigenvalue weighted by atomic mass is 9.88. The molecule has 2 nitrogen and oxygen atoms in total. The summed E-state index contributed by atoms with van der Waals surface area (Å²) >= 11 is 18.2. The van der Waals surface area contributed by atoms with Crippen LogP contribution in [0.5, 0.6) is 0 Å². The molecule has 0 saturated carbocycles. The molecule has 2 atom stereocenters. The quantitative estimate of drug-likeness (QED) is 0.848. The molecule has 0 bridgehead atoms. The lowest BCUT2D eigenvalue weighted by Gasteiger charge is -2.32. The molecular formula is C12H10Cl3NO. The van der Waals surface area contributed by atoms with Crippen LogP contribution in [0.25, 0.3) is 0 Å². The average Bonchev–Trinajstić information content (AvgIpc) is 2.30. The van der Waals surface area contributed by atoms with E-state index in [0.29, 0.717) is 15.6 Å². The number of pyridine rings is 1. The van der Waals surface area contributed by atoms with Gasteiger partial charge in [0, 0.05) is 23.8 Å². The van der Waals surface area contributed by atoms with Gasteiger partial charge in [-0.3, -0.25) is 4.98 Å². The number of aliphatic hydroxyl groups is 1. The maximum Gasteiger partial charge on any atom is 0.124 e. The van der Waals surface area contributed by atoms with Gasteiger partial charge in [0.15, 0.2) is 0 Å². The van der Waals surface area contributed by atoms with E-state index in [-0.39, 0.29) is 6.42 Å². The van der Waals surface area contributed by atoms with Crippen molar-refractivity contribution < 1.29 is 5.11 Å². The first-order valence-corrected chi connectivity index (χ1v) is 6.22. The van der Waals surface area contributed by atoms with E-state index in [1.807, 2.05) is 0 Å². The summed E-state index contributed by atoms with van der Waals surface area (Å²) in [6, 6.07) is 1.67. The molecule has 1 aromatic heterocycles. The van der Waals surface area contributed by atoms with Crippen molar-refractivity contribution in [1.29, 1.82) is 0 Å². The topological polar surface area (TPSA) is 33.1 Å². The molecule has 1 aliphatic carbocycles. The van der Waals surface area contributed by atoms with Gasteiger partial charge in [-0.2, -0.15) is 0 Å². The van der Waals surface area contributed by atoms with E-state index in [0.717, 1.165) is 0 Å². The third-order valence-electron chi connectivity index (χ3n) is 2.70. The molecule has 17 heavy (non-hydrogen) atoms. The minimum Gasteiger partial charge on any atom is -0.382 e. The number of halogens is 3. The number of alkyl halides is 1. The lowest BCUT2D eigenvalue weighted by Crippen LogP contribution is -2.42. The molecule has 0 radical (unpaired) electrons. The highest BCUT2D eigenvalue weighted by atomic mass is 35.5. The van der Waals surface area contributed by atoms with Gasteiger partial charge < -0.3 is 5.11 Å². The zero-order valence-corrected chi connectivity index (χ0v) is 11.0. The molecule has 90 valence electrons. The van der Waals surface area contributed by atoms with E-state index < -0.39 is 11.0 Å². The Morgan fingerprint density at radius 3 is 2.82 bits per heavy atom. The first-order chi connectivity index (χ1) is 8.04. The molecule has 0 aliphatic heterocycles. The fraction of sp³-hybridized carbons (Fsp3) is 0.250. The molecule has 2 unspecified atom stereocenters. The number of hydrogen-bond acceptors (Lipinski definition) is 2. The van der Waals surface area contributed by atoms with Crippen LogP contribution in [0.1, 0.15) is 5.56 Å². The van der Waals surface area contributed by atoms with Crippen LogP contribution >= 0.6 is 34.8 Å². The minimum absolute atomic E-state index is 0.230. The van der Waals surface area contributed by atoms with E-state index in [9.17, 15) is 5.11 Å². The van der Waals surface area contributed by atoms with Crippen molar-refractivity contribution in [2.75, 3.05) is 0 Å². The summed E-state index contributed by atoms with van der Waals surface area (Å²) in [5.41, 5.74) is -0.617. The van der Waals surface area contributed by atoms with Gasteiger partial charge >= 0.3 is 0 Å². The molecule has 1 N–H and O–H groups in total. The van der Waals surface area contributed by atoms with Crippen LogP contribution in [-0.4, -0.2) is 21.1 Å². The van der Waals surface area contributed by atoms with Crippen LogP contribution in [0.2, 0.25) is 5.02 Å². The fourth-order valence-electron chi connectivity index (χ4n) is 1.69. The lowest BCUT2D eigenvalue weighted by molar-refractivity contribution is 0.0918. The van der Waals surface area contributed by atoms with E-state index in [1.54, 1.807) is 36.7 Å². The zero-order chi connectivity index (χ0) is 12.5. The largest absolute Gasteiger partial charge is 0.382 e. The molecule has 2 rings (SSSR count). The van der Waals surface area contributed by atoms with E-state index in [2.05, 4.69) is 4.98 Å². The van der Waals surface area contributed by atoms with E-state index in [1.165, 1.54) is 0 Å².